The van der Waals surface area contributed by atoms with Gasteiger partial charge >= 0.3 is 0 Å². The smallest absolute Gasteiger partial charge is 0.0541 e. The predicted molar refractivity (Wildman–Crippen MR) is 224 cm³/mol. The van der Waals surface area contributed by atoms with E-state index in [1.54, 1.807) is 11.1 Å². The number of aromatic nitrogens is 1. The molecule has 0 saturated heterocycles. The summed E-state index contributed by atoms with van der Waals surface area (Å²) in [6.07, 6.45) is 7.01. The van der Waals surface area contributed by atoms with Gasteiger partial charge in [-0.1, -0.05) is 115 Å². The normalized spacial score (nSPS) is 23.3. The van der Waals surface area contributed by atoms with E-state index in [0.717, 1.165) is 29.4 Å². The molecule has 4 saturated carbocycles. The summed E-state index contributed by atoms with van der Waals surface area (Å²) >= 11 is 0. The van der Waals surface area contributed by atoms with Gasteiger partial charge in [0.05, 0.1) is 11.0 Å². The van der Waals surface area contributed by atoms with Gasteiger partial charge in [-0.25, -0.2) is 0 Å². The lowest BCUT2D eigenvalue weighted by Crippen LogP contribution is -2.55. The molecule has 5 aliphatic rings. The predicted octanol–water partition coefficient (Wildman–Crippen LogP) is 13.6. The number of benzene rings is 7. The summed E-state index contributed by atoms with van der Waals surface area (Å²) in [6, 6.07) is 63.7. The molecule has 0 unspecified atom stereocenters. The largest absolute Gasteiger partial charge is 0.310 e. The highest BCUT2D eigenvalue weighted by molar-refractivity contribution is 6.09. The van der Waals surface area contributed by atoms with Gasteiger partial charge in [0.25, 0.3) is 0 Å². The van der Waals surface area contributed by atoms with Crippen molar-refractivity contribution in [3.8, 4) is 27.9 Å². The van der Waals surface area contributed by atoms with Gasteiger partial charge in [0.15, 0.2) is 0 Å². The van der Waals surface area contributed by atoms with Crippen molar-refractivity contribution in [2.75, 3.05) is 4.90 Å². The zero-order valence-electron chi connectivity index (χ0n) is 30.4. The van der Waals surface area contributed by atoms with E-state index < -0.39 is 0 Å². The molecular weight excluding hydrogens is 653 g/mol. The summed E-state index contributed by atoms with van der Waals surface area (Å²) in [5.74, 6) is 3.29. The molecule has 0 amide bonds. The van der Waals surface area contributed by atoms with E-state index in [-0.39, 0.29) is 5.41 Å². The molecule has 0 atom stereocenters. The zero-order valence-corrected chi connectivity index (χ0v) is 30.4. The molecule has 260 valence electrons. The molecule has 1 spiro atoms. The van der Waals surface area contributed by atoms with Crippen molar-refractivity contribution in [2.45, 2.75) is 37.5 Å². The van der Waals surface area contributed by atoms with Crippen LogP contribution in [0.3, 0.4) is 0 Å². The molecule has 0 radical (unpaired) electrons. The number of para-hydroxylation sites is 2. The second kappa shape index (κ2) is 11.6. The van der Waals surface area contributed by atoms with Crippen LogP contribution in [0.1, 0.15) is 43.2 Å². The first kappa shape index (κ1) is 30.6. The summed E-state index contributed by atoms with van der Waals surface area (Å²) in [7, 11) is 0. The van der Waals surface area contributed by atoms with Crippen molar-refractivity contribution in [3.63, 3.8) is 0 Å². The molecule has 8 aromatic rings. The number of nitrogens with zero attached hydrogens (tertiary/aromatic N) is 2. The topological polar surface area (TPSA) is 8.17 Å². The van der Waals surface area contributed by atoms with Gasteiger partial charge in [-0.15, -0.1) is 0 Å². The summed E-state index contributed by atoms with van der Waals surface area (Å²) in [4.78, 5) is 2.51. The van der Waals surface area contributed by atoms with Crippen molar-refractivity contribution in [1.82, 2.24) is 4.57 Å². The minimum atomic E-state index is 0.114. The van der Waals surface area contributed by atoms with Crippen LogP contribution in [-0.4, -0.2) is 4.57 Å². The summed E-state index contributed by atoms with van der Waals surface area (Å²) < 4.78 is 2.44. The van der Waals surface area contributed by atoms with Crippen molar-refractivity contribution < 1.29 is 0 Å². The van der Waals surface area contributed by atoms with Gasteiger partial charge < -0.3 is 9.47 Å². The Morgan fingerprint density at radius 3 is 1.72 bits per heavy atom. The molecule has 4 bridgehead atoms. The molecule has 5 aliphatic carbocycles. The highest BCUT2D eigenvalue weighted by Gasteiger charge is 2.61. The average Bonchev–Trinajstić information content (AvgIpc) is 3.71. The number of rotatable bonds is 5. The van der Waals surface area contributed by atoms with Crippen LogP contribution in [0.4, 0.5) is 17.1 Å². The Bertz CT molecular complexity index is 2650. The Kier molecular flexibility index (Phi) is 6.55. The number of anilines is 3. The second-order valence-corrected chi connectivity index (χ2v) is 16.6. The number of hydrogen-bond donors (Lipinski definition) is 0. The van der Waals surface area contributed by atoms with Gasteiger partial charge in [-0.3, -0.25) is 0 Å². The quantitative estimate of drug-likeness (QED) is 0.174. The Balaban J connectivity index is 1.06. The highest BCUT2D eigenvalue weighted by Crippen LogP contribution is 2.69. The van der Waals surface area contributed by atoms with Crippen molar-refractivity contribution in [2.24, 2.45) is 23.7 Å². The molecular formula is C52H42N2. The average molecular weight is 695 g/mol. The van der Waals surface area contributed by atoms with Gasteiger partial charge in [0.2, 0.25) is 0 Å². The van der Waals surface area contributed by atoms with E-state index in [4.69, 9.17) is 0 Å². The van der Waals surface area contributed by atoms with Crippen LogP contribution in [0.5, 0.6) is 0 Å². The molecule has 54 heavy (non-hydrogen) atoms. The third-order valence-electron chi connectivity index (χ3n) is 14.0. The summed E-state index contributed by atoms with van der Waals surface area (Å²) in [5, 5.41) is 2.57. The maximum Gasteiger partial charge on any atom is 0.0541 e. The first-order valence-electron chi connectivity index (χ1n) is 20.0. The molecule has 7 aromatic carbocycles. The Labute approximate surface area is 317 Å². The minimum Gasteiger partial charge on any atom is -0.310 e. The molecule has 2 nitrogen and oxygen atoms in total. The molecule has 13 rings (SSSR count). The third-order valence-corrected chi connectivity index (χ3v) is 14.0. The van der Waals surface area contributed by atoms with Gasteiger partial charge in [0.1, 0.15) is 0 Å². The standard InChI is InChI=1S/C52H42N2/c1-2-11-36(12-3-1)37-21-23-40(24-22-37)53(41-13-10-14-42(32-41)54-50-19-8-5-16-46(50)47-17-6-9-20-51(47)54)43-25-26-45-44-15-4-7-18-48(44)52(49(45)33-43)38-28-34-27-35(30-38)31-39(52)29-34/h1-26,32-35,38-39H,27-31H2. The second-order valence-electron chi connectivity index (χ2n) is 16.6. The fourth-order valence-corrected chi connectivity index (χ4v) is 12.1. The fraction of sp³-hybridized carbons (Fsp3) is 0.192. The lowest BCUT2D eigenvalue weighted by atomic mass is 9.43. The van der Waals surface area contributed by atoms with Crippen LogP contribution < -0.4 is 4.90 Å². The van der Waals surface area contributed by atoms with Gasteiger partial charge in [-0.05, 0) is 144 Å². The summed E-state index contributed by atoms with van der Waals surface area (Å²) in [6.45, 7) is 0. The van der Waals surface area contributed by atoms with Crippen LogP contribution in [0.15, 0.2) is 170 Å². The molecule has 0 N–H and O–H groups in total. The van der Waals surface area contributed by atoms with Crippen LogP contribution in [0.25, 0.3) is 49.7 Å². The SMILES string of the molecule is c1ccc(-c2ccc(N(c3cccc(-n4c5ccccc5c5ccccc54)c3)c3ccc4c(c3)C3(c5ccccc5-4)C4CC5CC(C4)CC3C5)cc2)cc1. The summed E-state index contributed by atoms with van der Waals surface area (Å²) in [5.41, 5.74) is 15.9. The third kappa shape index (κ3) is 4.28. The lowest BCUT2D eigenvalue weighted by Gasteiger charge is -2.61. The van der Waals surface area contributed by atoms with Crippen LogP contribution in [-0.2, 0) is 5.41 Å². The van der Waals surface area contributed by atoms with E-state index in [2.05, 4.69) is 179 Å². The maximum atomic E-state index is 2.62. The number of hydrogen-bond acceptors (Lipinski definition) is 1. The molecule has 1 heterocycles. The van der Waals surface area contributed by atoms with Gasteiger partial charge in [-0.2, -0.15) is 0 Å². The Hall–Kier alpha value is -5.86. The maximum absolute atomic E-state index is 2.62. The monoisotopic (exact) mass is 694 g/mol. The first-order chi connectivity index (χ1) is 26.7. The lowest BCUT2D eigenvalue weighted by molar-refractivity contribution is -0.0399. The minimum absolute atomic E-state index is 0.114. The first-order valence-corrected chi connectivity index (χ1v) is 20.0. The van der Waals surface area contributed by atoms with E-state index in [0.29, 0.717) is 0 Å². The van der Waals surface area contributed by atoms with Crippen molar-refractivity contribution in [3.05, 3.63) is 181 Å². The van der Waals surface area contributed by atoms with E-state index in [1.165, 1.54) is 93.2 Å². The molecule has 0 aliphatic heterocycles. The highest BCUT2D eigenvalue weighted by atomic mass is 15.1. The van der Waals surface area contributed by atoms with Crippen molar-refractivity contribution in [1.29, 1.82) is 0 Å². The molecule has 2 heteroatoms. The zero-order chi connectivity index (χ0) is 35.4. The van der Waals surface area contributed by atoms with Crippen molar-refractivity contribution >= 4 is 38.9 Å². The number of fused-ring (bicyclic) bond motifs is 6. The Morgan fingerprint density at radius 1 is 0.426 bits per heavy atom. The molecule has 1 aromatic heterocycles. The van der Waals surface area contributed by atoms with E-state index in [1.807, 2.05) is 0 Å². The van der Waals surface area contributed by atoms with E-state index >= 15 is 0 Å². The van der Waals surface area contributed by atoms with Crippen LogP contribution in [0, 0.1) is 23.7 Å². The van der Waals surface area contributed by atoms with Gasteiger partial charge in [0, 0.05) is 38.9 Å². The van der Waals surface area contributed by atoms with Crippen LogP contribution >= 0.6 is 0 Å². The Morgan fingerprint density at radius 2 is 1.00 bits per heavy atom. The fourth-order valence-electron chi connectivity index (χ4n) is 12.1. The van der Waals surface area contributed by atoms with Crippen LogP contribution in [0.2, 0.25) is 0 Å². The van der Waals surface area contributed by atoms with E-state index in [9.17, 15) is 0 Å². The molecule has 4 fully saturated rings.